The molecule has 5 rings (SSSR count). The van der Waals surface area contributed by atoms with E-state index >= 15 is 0 Å². The zero-order chi connectivity index (χ0) is 27.7. The van der Waals surface area contributed by atoms with Crippen LogP contribution in [0.1, 0.15) is 67.2 Å². The molecule has 2 aromatic carbocycles. The number of methoxy groups -OCH3 is 2. The number of aryl methyl sites for hydroxylation is 1. The van der Waals surface area contributed by atoms with Gasteiger partial charge in [-0.15, -0.1) is 0 Å². The third-order valence-electron chi connectivity index (χ3n) is 8.57. The zero-order valence-corrected chi connectivity index (χ0v) is 24.5. The van der Waals surface area contributed by atoms with Crippen LogP contribution in [0, 0.1) is 0 Å². The molecular formula is C34H45N3O3. The second-order valence-corrected chi connectivity index (χ2v) is 11.1. The first-order valence-corrected chi connectivity index (χ1v) is 15.1. The van der Waals surface area contributed by atoms with Crippen molar-refractivity contribution in [3.8, 4) is 17.4 Å². The molecule has 1 unspecified atom stereocenters. The maximum Gasteiger partial charge on any atom is 0.213 e. The molecule has 6 nitrogen and oxygen atoms in total. The molecule has 0 radical (unpaired) electrons. The minimum atomic E-state index is 0.467. The highest BCUT2D eigenvalue weighted by atomic mass is 16.5. The number of nitrogens with zero attached hydrogens (tertiary/aromatic N) is 3. The molecule has 0 N–H and O–H groups in total. The second-order valence-electron chi connectivity index (χ2n) is 11.1. The van der Waals surface area contributed by atoms with Crippen LogP contribution in [-0.2, 0) is 19.4 Å². The summed E-state index contributed by atoms with van der Waals surface area (Å²) in [7, 11) is 3.48. The highest BCUT2D eigenvalue weighted by Crippen LogP contribution is 2.40. The van der Waals surface area contributed by atoms with Crippen LogP contribution in [0.2, 0.25) is 0 Å². The number of anilines is 1. The van der Waals surface area contributed by atoms with Gasteiger partial charge in [0.05, 0.1) is 14.2 Å². The van der Waals surface area contributed by atoms with Gasteiger partial charge in [-0.05, 0) is 98.5 Å². The van der Waals surface area contributed by atoms with Gasteiger partial charge in [0.2, 0.25) is 5.88 Å². The van der Waals surface area contributed by atoms with Crippen molar-refractivity contribution in [1.29, 1.82) is 0 Å². The standard InChI is InChI=1S/C34H45N3O3/c1-4-37(25-26-9-16-34(35-24-26)40-20-19-36-17-7-5-6-8-18-36)33-23-31(39-3)14-15-32(33)29-11-10-28-22-30(38-2)13-12-27(28)21-29/h9,12-16,22-24,29H,4-8,10-11,17-21,25H2,1-3H3. The molecule has 6 heteroatoms. The lowest BCUT2D eigenvalue weighted by Crippen LogP contribution is -2.29. The SMILES string of the molecule is CCN(Cc1ccc(OCCN2CCCCCC2)nc1)c1cc(OC)ccc1C1CCc2cc(OC)ccc2C1. The Balaban J connectivity index is 1.26. The van der Waals surface area contributed by atoms with E-state index in [-0.39, 0.29) is 0 Å². The lowest BCUT2D eigenvalue weighted by Gasteiger charge is -2.32. The molecule has 1 atom stereocenters. The van der Waals surface area contributed by atoms with Gasteiger partial charge in [-0.1, -0.05) is 31.0 Å². The monoisotopic (exact) mass is 543 g/mol. The lowest BCUT2D eigenvalue weighted by atomic mass is 9.79. The molecule has 1 aliphatic carbocycles. The van der Waals surface area contributed by atoms with Gasteiger partial charge in [0, 0.05) is 43.7 Å². The van der Waals surface area contributed by atoms with Crippen molar-refractivity contribution in [2.75, 3.05) is 51.9 Å². The van der Waals surface area contributed by atoms with Gasteiger partial charge >= 0.3 is 0 Å². The van der Waals surface area contributed by atoms with Gasteiger partial charge in [-0.2, -0.15) is 0 Å². The van der Waals surface area contributed by atoms with Crippen molar-refractivity contribution < 1.29 is 14.2 Å². The van der Waals surface area contributed by atoms with Crippen LogP contribution in [0.4, 0.5) is 5.69 Å². The van der Waals surface area contributed by atoms with Crippen molar-refractivity contribution in [2.45, 2.75) is 64.3 Å². The van der Waals surface area contributed by atoms with E-state index in [1.54, 1.807) is 14.2 Å². The van der Waals surface area contributed by atoms with Crippen LogP contribution in [0.25, 0.3) is 0 Å². The molecule has 214 valence electrons. The van der Waals surface area contributed by atoms with Gasteiger partial charge in [0.1, 0.15) is 18.1 Å². The topological polar surface area (TPSA) is 47.1 Å². The Bertz CT molecular complexity index is 1220. The van der Waals surface area contributed by atoms with E-state index in [0.29, 0.717) is 18.4 Å². The Kier molecular flexibility index (Phi) is 9.82. The third kappa shape index (κ3) is 7.08. The van der Waals surface area contributed by atoms with Crippen molar-refractivity contribution in [1.82, 2.24) is 9.88 Å². The summed E-state index contributed by atoms with van der Waals surface area (Å²) >= 11 is 0. The lowest BCUT2D eigenvalue weighted by molar-refractivity contribution is 0.209. The van der Waals surface area contributed by atoms with Gasteiger partial charge in [0.15, 0.2) is 0 Å². The smallest absolute Gasteiger partial charge is 0.213 e. The van der Waals surface area contributed by atoms with E-state index in [4.69, 9.17) is 14.2 Å². The van der Waals surface area contributed by atoms with Crippen molar-refractivity contribution in [3.63, 3.8) is 0 Å². The van der Waals surface area contributed by atoms with Gasteiger partial charge in [0.25, 0.3) is 0 Å². The number of benzene rings is 2. The summed E-state index contributed by atoms with van der Waals surface area (Å²) in [5.74, 6) is 3.02. The van der Waals surface area contributed by atoms with E-state index in [2.05, 4.69) is 64.2 Å². The minimum Gasteiger partial charge on any atom is -0.497 e. The van der Waals surface area contributed by atoms with Crippen LogP contribution in [-0.4, -0.2) is 56.9 Å². The Labute approximate surface area is 240 Å². The molecule has 1 fully saturated rings. The first kappa shape index (κ1) is 28.3. The number of rotatable bonds is 11. The maximum atomic E-state index is 6.00. The van der Waals surface area contributed by atoms with E-state index in [1.807, 2.05) is 12.3 Å². The second kappa shape index (κ2) is 13.9. The third-order valence-corrected chi connectivity index (χ3v) is 8.57. The molecule has 2 heterocycles. The molecule has 2 aliphatic rings. The van der Waals surface area contributed by atoms with Crippen LogP contribution in [0.15, 0.2) is 54.7 Å². The summed E-state index contributed by atoms with van der Waals surface area (Å²) in [4.78, 5) is 9.61. The van der Waals surface area contributed by atoms with Crippen molar-refractivity contribution in [3.05, 3.63) is 77.0 Å². The normalized spacial score (nSPS) is 17.5. The quantitative estimate of drug-likeness (QED) is 0.270. The Hall–Kier alpha value is -3.25. The number of pyridine rings is 1. The summed E-state index contributed by atoms with van der Waals surface area (Å²) < 4.78 is 17.1. The average molecular weight is 544 g/mol. The van der Waals surface area contributed by atoms with Crippen molar-refractivity contribution >= 4 is 5.69 Å². The van der Waals surface area contributed by atoms with E-state index in [1.165, 1.54) is 66.7 Å². The Morgan fingerprint density at radius 3 is 2.40 bits per heavy atom. The summed E-state index contributed by atoms with van der Waals surface area (Å²) in [5, 5.41) is 0. The predicted octanol–water partition coefficient (Wildman–Crippen LogP) is 6.65. The molecule has 1 aromatic heterocycles. The Morgan fingerprint density at radius 1 is 0.900 bits per heavy atom. The van der Waals surface area contributed by atoms with E-state index in [0.717, 1.165) is 50.4 Å². The fraction of sp³-hybridized carbons (Fsp3) is 0.500. The molecule has 1 saturated heterocycles. The van der Waals surface area contributed by atoms with Gasteiger partial charge in [-0.25, -0.2) is 4.98 Å². The Morgan fingerprint density at radius 2 is 1.68 bits per heavy atom. The molecule has 0 bridgehead atoms. The van der Waals surface area contributed by atoms with Crippen molar-refractivity contribution in [2.24, 2.45) is 0 Å². The largest absolute Gasteiger partial charge is 0.497 e. The number of hydrogen-bond acceptors (Lipinski definition) is 6. The van der Waals surface area contributed by atoms with E-state index in [9.17, 15) is 0 Å². The van der Waals surface area contributed by atoms with Crippen LogP contribution >= 0.6 is 0 Å². The van der Waals surface area contributed by atoms with Gasteiger partial charge in [-0.3, -0.25) is 4.90 Å². The van der Waals surface area contributed by atoms with Crippen LogP contribution < -0.4 is 19.1 Å². The fourth-order valence-corrected chi connectivity index (χ4v) is 6.21. The highest BCUT2D eigenvalue weighted by Gasteiger charge is 2.25. The molecule has 0 spiro atoms. The molecule has 40 heavy (non-hydrogen) atoms. The summed E-state index contributed by atoms with van der Waals surface area (Å²) in [6.45, 7) is 7.96. The first-order valence-electron chi connectivity index (χ1n) is 15.1. The molecule has 0 saturated carbocycles. The minimum absolute atomic E-state index is 0.467. The number of likely N-dealkylation sites (tertiary alicyclic amines) is 1. The van der Waals surface area contributed by atoms with Gasteiger partial charge < -0.3 is 19.1 Å². The number of aromatic nitrogens is 1. The number of ether oxygens (including phenoxy) is 3. The predicted molar refractivity (Wildman–Crippen MR) is 162 cm³/mol. The molecular weight excluding hydrogens is 498 g/mol. The molecule has 0 amide bonds. The van der Waals surface area contributed by atoms with Crippen LogP contribution in [0.3, 0.4) is 0 Å². The number of hydrogen-bond donors (Lipinski definition) is 0. The first-order chi connectivity index (χ1) is 19.7. The number of fused-ring (bicyclic) bond motifs is 1. The molecule has 1 aliphatic heterocycles. The summed E-state index contributed by atoms with van der Waals surface area (Å²) in [6, 6.07) is 17.3. The zero-order valence-electron chi connectivity index (χ0n) is 24.5. The van der Waals surface area contributed by atoms with E-state index < -0.39 is 0 Å². The van der Waals surface area contributed by atoms with Crippen LogP contribution in [0.5, 0.6) is 17.4 Å². The summed E-state index contributed by atoms with van der Waals surface area (Å²) in [6.07, 6.45) is 10.5. The highest BCUT2D eigenvalue weighted by molar-refractivity contribution is 5.60. The summed E-state index contributed by atoms with van der Waals surface area (Å²) in [5.41, 5.74) is 6.67. The maximum absolute atomic E-state index is 6.00. The average Bonchev–Trinajstić information content (AvgIpc) is 3.28. The molecule has 3 aromatic rings. The fourth-order valence-electron chi connectivity index (χ4n) is 6.21.